The van der Waals surface area contributed by atoms with Crippen LogP contribution in [0.2, 0.25) is 0 Å². The summed E-state index contributed by atoms with van der Waals surface area (Å²) >= 11 is 0. The van der Waals surface area contributed by atoms with Crippen LogP contribution in [0.4, 0.5) is 0 Å². The molecule has 0 saturated heterocycles. The number of methoxy groups -OCH3 is 4. The van der Waals surface area contributed by atoms with Crippen LogP contribution < -0.4 is 52.9 Å². The molecule has 6 aromatic carbocycles. The number of halogens is 2. The van der Waals surface area contributed by atoms with Crippen LogP contribution in [0, 0.1) is 0 Å². The normalized spacial score (nSPS) is 17.6. The molecule has 2 heterocycles. The van der Waals surface area contributed by atoms with Gasteiger partial charge in [0.25, 0.3) is 0 Å². The van der Waals surface area contributed by atoms with Gasteiger partial charge in [-0.2, -0.15) is 0 Å². The number of ether oxygens (including phenoxy) is 6. The van der Waals surface area contributed by atoms with Gasteiger partial charge in [0.15, 0.2) is 24.0 Å². The second-order valence-corrected chi connectivity index (χ2v) is 14.1. The Morgan fingerprint density at radius 2 is 0.817 bits per heavy atom. The van der Waals surface area contributed by atoms with Gasteiger partial charge in [0.1, 0.15) is 23.0 Å². The number of benzene rings is 6. The molecule has 0 amide bonds. The molecule has 8 rings (SSSR count). The predicted molar refractivity (Wildman–Crippen MR) is 225 cm³/mol. The number of aliphatic imine (C=N–C) groups is 2. The van der Waals surface area contributed by atoms with Gasteiger partial charge < -0.3 is 62.4 Å². The molecule has 0 aromatic heterocycles. The van der Waals surface area contributed by atoms with Gasteiger partial charge in [-0.15, -0.1) is 0 Å². The second-order valence-electron chi connectivity index (χ2n) is 14.1. The van der Waals surface area contributed by atoms with Gasteiger partial charge in [-0.1, -0.05) is 121 Å². The minimum atomic E-state index is -0.369. The number of hydrogen-bond acceptors (Lipinski definition) is 8. The first-order valence-corrected chi connectivity index (χ1v) is 19.2. The van der Waals surface area contributed by atoms with Crippen molar-refractivity contribution < 1.29 is 82.8 Å². The fourth-order valence-corrected chi connectivity index (χ4v) is 7.95. The molecule has 2 aliphatic heterocycles. The summed E-state index contributed by atoms with van der Waals surface area (Å²) in [7, 11) is 6.78. The Labute approximate surface area is 387 Å². The maximum Gasteiger partial charge on any atom is 2.00 e. The average Bonchev–Trinajstić information content (AvgIpc) is 3.85. The molecule has 0 fully saturated rings. The first kappa shape index (κ1) is 46.2. The fourth-order valence-electron chi connectivity index (χ4n) is 7.95. The van der Waals surface area contributed by atoms with Crippen molar-refractivity contribution in [3.05, 3.63) is 168 Å². The third-order valence-corrected chi connectivity index (χ3v) is 10.6. The summed E-state index contributed by atoms with van der Waals surface area (Å²) in [4.78, 5) is 10.5. The Bertz CT molecular complexity index is 2260. The molecule has 8 nitrogen and oxygen atoms in total. The van der Waals surface area contributed by atoms with E-state index in [0.717, 1.165) is 67.5 Å². The van der Waals surface area contributed by atoms with Crippen molar-refractivity contribution in [2.45, 2.75) is 43.6 Å². The van der Waals surface area contributed by atoms with E-state index in [2.05, 4.69) is 72.8 Å². The van der Waals surface area contributed by atoms with Crippen LogP contribution in [0.25, 0.3) is 22.3 Å². The minimum absolute atomic E-state index is 0. The number of rotatable bonds is 14. The summed E-state index contributed by atoms with van der Waals surface area (Å²) in [5.41, 5.74) is 8.40. The molecule has 60 heavy (non-hydrogen) atoms. The molecule has 6 aromatic rings. The van der Waals surface area contributed by atoms with E-state index in [1.165, 1.54) is 0 Å². The molecule has 312 valence electrons. The van der Waals surface area contributed by atoms with E-state index in [-0.39, 0.29) is 78.7 Å². The van der Waals surface area contributed by atoms with Gasteiger partial charge >= 0.3 is 20.4 Å². The van der Waals surface area contributed by atoms with Gasteiger partial charge in [0.2, 0.25) is 0 Å². The van der Waals surface area contributed by atoms with Crippen LogP contribution in [0.1, 0.15) is 40.9 Å². The van der Waals surface area contributed by atoms with Crippen LogP contribution in [-0.4, -0.2) is 52.3 Å². The Kier molecular flexibility index (Phi) is 16.6. The zero-order chi connectivity index (χ0) is 39.1. The zero-order valence-corrected chi connectivity index (χ0v) is 38.4. The van der Waals surface area contributed by atoms with E-state index in [9.17, 15) is 0 Å². The van der Waals surface area contributed by atoms with E-state index in [0.29, 0.717) is 31.1 Å². The van der Waals surface area contributed by atoms with Crippen LogP contribution >= 0.6 is 0 Å². The number of hydrogen-bond donors (Lipinski definition) is 0. The van der Waals surface area contributed by atoms with Crippen molar-refractivity contribution >= 4 is 11.8 Å². The molecule has 0 radical (unpaired) electrons. The maximum absolute atomic E-state index is 6.77. The summed E-state index contributed by atoms with van der Waals surface area (Å²) in [6, 6.07) is 48.8. The standard InChI is InChI=1S/C49H46N2O6.2BrH.Pd/c1-52-42-23-9-5-19-36(42)34-17-13-15-32(27-34)29-40-48(38-21-7-11-25-44(38)54-3)56-46(50-40)31-47-51-41(49(57-47)39-22-8-12-26-45(39)55-4)30-33-16-14-18-35(28-33)37-20-6-10-24-43(37)53-2;;;/h5-28,40-41,48-49H,29-31H2,1-4H3;2*1H;/q;;;+2/p-2/t40-,41-,48?,49?;;;/m1.../s1. The van der Waals surface area contributed by atoms with Crippen molar-refractivity contribution in [3.8, 4) is 45.3 Å². The van der Waals surface area contributed by atoms with Gasteiger partial charge in [-0.05, 0) is 59.4 Å². The van der Waals surface area contributed by atoms with E-state index < -0.39 is 0 Å². The number of nitrogens with zero attached hydrogens (tertiary/aromatic N) is 2. The second kappa shape index (κ2) is 21.6. The number of para-hydroxylation sites is 4. The fraction of sp³-hybridized carbons (Fsp3) is 0.224. The third-order valence-electron chi connectivity index (χ3n) is 10.6. The Balaban J connectivity index is 0.00000228. The summed E-state index contributed by atoms with van der Waals surface area (Å²) in [5, 5.41) is 0. The summed E-state index contributed by atoms with van der Waals surface area (Å²) in [6.45, 7) is 0. The summed E-state index contributed by atoms with van der Waals surface area (Å²) < 4.78 is 36.5. The molecule has 0 spiro atoms. The summed E-state index contributed by atoms with van der Waals surface area (Å²) in [6.07, 6.45) is 0.875. The van der Waals surface area contributed by atoms with Gasteiger partial charge in [-0.25, -0.2) is 9.98 Å². The molecule has 2 unspecified atom stereocenters. The molecule has 0 bridgehead atoms. The molecular weight excluding hydrogens is 979 g/mol. The van der Waals surface area contributed by atoms with Crippen molar-refractivity contribution in [2.75, 3.05) is 28.4 Å². The molecular formula is C49H46Br2N2O6Pd. The van der Waals surface area contributed by atoms with Crippen molar-refractivity contribution in [1.82, 2.24) is 0 Å². The van der Waals surface area contributed by atoms with Crippen molar-refractivity contribution in [2.24, 2.45) is 9.98 Å². The smallest absolute Gasteiger partial charge is 1.00 e. The molecule has 2 aliphatic rings. The van der Waals surface area contributed by atoms with Crippen LogP contribution in [0.15, 0.2) is 156 Å². The maximum atomic E-state index is 6.77. The SMILES string of the molecule is COc1ccccc1-c1cccc(C[C@H]2N=C(CC3=N[C@H](Cc4cccc(-c5ccccc5OC)c4)C(c4ccccc4OC)O3)OC2c2ccccc2OC)c1.[Br-].[Br-].[Pd+2]. The van der Waals surface area contributed by atoms with Crippen molar-refractivity contribution in [3.63, 3.8) is 0 Å². The van der Waals surface area contributed by atoms with Gasteiger partial charge in [-0.3, -0.25) is 0 Å². The summed E-state index contributed by atoms with van der Waals surface area (Å²) in [5.74, 6) is 4.33. The third kappa shape index (κ3) is 10.2. The van der Waals surface area contributed by atoms with E-state index in [1.54, 1.807) is 28.4 Å². The predicted octanol–water partition coefficient (Wildman–Crippen LogP) is 4.31. The monoisotopic (exact) mass is 1020 g/mol. The molecule has 0 saturated carbocycles. The molecule has 0 aliphatic carbocycles. The topological polar surface area (TPSA) is 80.1 Å². The van der Waals surface area contributed by atoms with Crippen molar-refractivity contribution in [1.29, 1.82) is 0 Å². The van der Waals surface area contributed by atoms with Gasteiger partial charge in [0, 0.05) is 22.3 Å². The first-order chi connectivity index (χ1) is 28.0. The van der Waals surface area contributed by atoms with E-state index >= 15 is 0 Å². The van der Waals surface area contributed by atoms with Crippen LogP contribution in [0.5, 0.6) is 23.0 Å². The largest absolute Gasteiger partial charge is 2.00 e. The molecule has 11 heteroatoms. The zero-order valence-electron chi connectivity index (χ0n) is 33.7. The average molecular weight is 1030 g/mol. The molecule has 0 N–H and O–H groups in total. The van der Waals surface area contributed by atoms with Crippen LogP contribution in [0.3, 0.4) is 0 Å². The quantitative estimate of drug-likeness (QED) is 0.152. The Hall–Kier alpha value is -4.92. The Morgan fingerprint density at radius 3 is 1.22 bits per heavy atom. The minimum Gasteiger partial charge on any atom is -1.00 e. The Morgan fingerprint density at radius 1 is 0.450 bits per heavy atom. The van der Waals surface area contributed by atoms with Crippen LogP contribution in [-0.2, 0) is 42.7 Å². The van der Waals surface area contributed by atoms with Gasteiger partial charge in [0.05, 0.1) is 46.9 Å². The van der Waals surface area contributed by atoms with E-state index in [4.69, 9.17) is 38.4 Å². The van der Waals surface area contributed by atoms with E-state index in [1.807, 2.05) is 72.8 Å². The molecule has 4 atom stereocenters. The first-order valence-electron chi connectivity index (χ1n) is 19.2.